The predicted octanol–water partition coefficient (Wildman–Crippen LogP) is -0.209. The molecule has 11 heavy (non-hydrogen) atoms. The van der Waals surface area contributed by atoms with Crippen LogP contribution in [0.3, 0.4) is 0 Å². The van der Waals surface area contributed by atoms with Gasteiger partial charge in [0.1, 0.15) is 17.1 Å². The van der Waals surface area contributed by atoms with E-state index in [9.17, 15) is 4.79 Å². The molecule has 64 valence electrons. The maximum absolute atomic E-state index is 10.6. The van der Waals surface area contributed by atoms with Crippen molar-refractivity contribution >= 4 is 16.5 Å². The number of esters is 1. The van der Waals surface area contributed by atoms with Crippen molar-refractivity contribution in [1.29, 1.82) is 0 Å². The van der Waals surface area contributed by atoms with Crippen molar-refractivity contribution in [2.45, 2.75) is 19.4 Å². The summed E-state index contributed by atoms with van der Waals surface area (Å²) in [5.41, 5.74) is -0.356. The van der Waals surface area contributed by atoms with E-state index in [1.807, 2.05) is 13.8 Å². The molecule has 0 rings (SSSR count). The lowest BCUT2D eigenvalue weighted by Crippen LogP contribution is -2.30. The third-order valence-electron chi connectivity index (χ3n) is 1.28. The molecule has 0 spiro atoms. The molecule has 0 amide bonds. The van der Waals surface area contributed by atoms with Crippen LogP contribution in [0.4, 0.5) is 0 Å². The molecule has 0 bridgehead atoms. The Kier molecular flexibility index (Phi) is 4.06. The van der Waals surface area contributed by atoms with E-state index in [4.69, 9.17) is 9.16 Å². The van der Waals surface area contributed by atoms with Gasteiger partial charge in [0.15, 0.2) is 0 Å². The summed E-state index contributed by atoms with van der Waals surface area (Å²) in [6.07, 6.45) is 1.14. The first-order valence-electron chi connectivity index (χ1n) is 3.36. The Hall–Kier alpha value is -0.613. The molecule has 0 radical (unpaired) electrons. The quantitative estimate of drug-likeness (QED) is 0.336. The Morgan fingerprint density at radius 3 is 2.64 bits per heavy atom. The zero-order chi connectivity index (χ0) is 8.91. The van der Waals surface area contributed by atoms with Gasteiger partial charge in [-0.25, -0.2) is 4.79 Å². The van der Waals surface area contributed by atoms with Crippen LogP contribution in [0.25, 0.3) is 0 Å². The molecule has 0 aromatic heterocycles. The van der Waals surface area contributed by atoms with E-state index in [-0.39, 0.29) is 12.2 Å². The van der Waals surface area contributed by atoms with E-state index in [0.29, 0.717) is 10.5 Å². The Morgan fingerprint density at radius 1 is 1.73 bits per heavy atom. The van der Waals surface area contributed by atoms with Gasteiger partial charge in [-0.15, -0.1) is 0 Å². The van der Waals surface area contributed by atoms with Crippen molar-refractivity contribution in [3.05, 3.63) is 12.7 Å². The maximum atomic E-state index is 10.6. The van der Waals surface area contributed by atoms with Gasteiger partial charge in [-0.1, -0.05) is 6.58 Å². The van der Waals surface area contributed by atoms with Crippen LogP contribution in [0.15, 0.2) is 12.7 Å². The van der Waals surface area contributed by atoms with Crippen LogP contribution in [0.5, 0.6) is 0 Å². The number of rotatable bonds is 4. The van der Waals surface area contributed by atoms with E-state index in [1.54, 1.807) is 0 Å². The average Bonchev–Trinajstić information content (AvgIpc) is 2.00. The molecule has 0 aromatic carbocycles. The molecule has 0 unspecified atom stereocenters. The summed E-state index contributed by atoms with van der Waals surface area (Å²) < 4.78 is 9.95. The summed E-state index contributed by atoms with van der Waals surface area (Å²) in [6.45, 7) is 7.30. The fourth-order valence-corrected chi connectivity index (χ4v) is 0.481. The van der Waals surface area contributed by atoms with E-state index < -0.39 is 5.97 Å². The van der Waals surface area contributed by atoms with Crippen LogP contribution >= 0.6 is 0 Å². The Labute approximate surface area is 69.9 Å². The normalized spacial score (nSPS) is 11.1. The molecule has 0 saturated heterocycles. The highest BCUT2D eigenvalue weighted by Crippen LogP contribution is 2.06. The van der Waals surface area contributed by atoms with Crippen molar-refractivity contribution in [3.63, 3.8) is 0 Å². The smallest absolute Gasteiger partial charge is 0.330 e. The second-order valence-electron chi connectivity index (χ2n) is 2.78. The maximum Gasteiger partial charge on any atom is 0.330 e. The monoisotopic (exact) mass is 174 g/mol. The van der Waals surface area contributed by atoms with Crippen molar-refractivity contribution in [2.75, 3.05) is 6.61 Å². The van der Waals surface area contributed by atoms with Crippen LogP contribution < -0.4 is 0 Å². The van der Waals surface area contributed by atoms with Crippen molar-refractivity contribution in [2.24, 2.45) is 0 Å². The molecule has 4 heteroatoms. The van der Waals surface area contributed by atoms with Crippen LogP contribution in [0, 0.1) is 0 Å². The minimum absolute atomic E-state index is 0.279. The zero-order valence-electron chi connectivity index (χ0n) is 7.22. The first kappa shape index (κ1) is 10.4. The summed E-state index contributed by atoms with van der Waals surface area (Å²) in [7, 11) is 0.642. The zero-order valence-corrected chi connectivity index (χ0v) is 9.22. The van der Waals surface area contributed by atoms with E-state index in [1.165, 1.54) is 0 Å². The second kappa shape index (κ2) is 4.30. The number of hydrogen-bond donors (Lipinski definition) is 0. The van der Waals surface area contributed by atoms with E-state index in [0.717, 1.165) is 6.08 Å². The van der Waals surface area contributed by atoms with Crippen LogP contribution in [-0.2, 0) is 14.0 Å². The fourth-order valence-electron chi connectivity index (χ4n) is 0.363. The predicted molar refractivity (Wildman–Crippen MR) is 46.3 cm³/mol. The van der Waals surface area contributed by atoms with Gasteiger partial charge >= 0.3 is 5.97 Å². The molecular weight excluding hydrogens is 160 g/mol. The highest BCUT2D eigenvalue weighted by atomic mass is 28.2. The molecule has 0 N–H and O–H groups in total. The van der Waals surface area contributed by atoms with Crippen LogP contribution in [0.1, 0.15) is 13.8 Å². The number of carbonyl (C=O) groups is 1. The largest absolute Gasteiger partial charge is 0.460 e. The van der Waals surface area contributed by atoms with Crippen molar-refractivity contribution in [1.82, 2.24) is 0 Å². The standard InChI is InChI=1S/C7H14O3Si/c1-4-6(8)9-5-7(2,3)10-11/h4H,1,5H2,2-3,11H3. The summed E-state index contributed by atoms with van der Waals surface area (Å²) in [5.74, 6) is -0.406. The minimum Gasteiger partial charge on any atom is -0.460 e. The Balaban J connectivity index is 3.69. The molecule has 0 atom stereocenters. The second-order valence-corrected chi connectivity index (χ2v) is 3.18. The number of carbonyl (C=O) groups excluding carboxylic acids is 1. The molecular formula is C7H14O3Si. The average molecular weight is 174 g/mol. The molecule has 0 aliphatic carbocycles. The Bertz CT molecular complexity index is 154. The number of ether oxygens (including phenoxy) is 1. The fraction of sp³-hybridized carbons (Fsp3) is 0.571. The summed E-state index contributed by atoms with van der Waals surface area (Å²) in [5, 5.41) is 0. The van der Waals surface area contributed by atoms with Crippen LogP contribution in [-0.4, -0.2) is 28.7 Å². The van der Waals surface area contributed by atoms with E-state index >= 15 is 0 Å². The van der Waals surface area contributed by atoms with E-state index in [2.05, 4.69) is 6.58 Å². The molecule has 0 aliphatic heterocycles. The third-order valence-corrected chi connectivity index (χ3v) is 2.39. The minimum atomic E-state index is -0.406. The highest BCUT2D eigenvalue weighted by Gasteiger charge is 2.17. The van der Waals surface area contributed by atoms with Gasteiger partial charge in [-0.2, -0.15) is 0 Å². The first-order chi connectivity index (χ1) is 5.02. The summed E-state index contributed by atoms with van der Waals surface area (Å²) in [4.78, 5) is 10.6. The third kappa shape index (κ3) is 4.75. The topological polar surface area (TPSA) is 35.5 Å². The van der Waals surface area contributed by atoms with Gasteiger partial charge in [0.05, 0.1) is 5.60 Å². The molecule has 0 aliphatic rings. The van der Waals surface area contributed by atoms with Gasteiger partial charge in [0.25, 0.3) is 0 Å². The summed E-state index contributed by atoms with van der Waals surface area (Å²) >= 11 is 0. The molecule has 0 saturated carbocycles. The lowest BCUT2D eigenvalue weighted by molar-refractivity contribution is -0.142. The Morgan fingerprint density at radius 2 is 2.27 bits per heavy atom. The molecule has 0 fully saturated rings. The SMILES string of the molecule is C=CC(=O)OCC(C)(C)O[SiH3]. The van der Waals surface area contributed by atoms with Crippen molar-refractivity contribution < 1.29 is 14.0 Å². The van der Waals surface area contributed by atoms with Crippen molar-refractivity contribution in [3.8, 4) is 0 Å². The van der Waals surface area contributed by atoms with Gasteiger partial charge in [-0.3, -0.25) is 0 Å². The van der Waals surface area contributed by atoms with Gasteiger partial charge < -0.3 is 9.16 Å². The number of hydrogen-bond acceptors (Lipinski definition) is 3. The lowest BCUT2D eigenvalue weighted by atomic mass is 10.2. The van der Waals surface area contributed by atoms with Gasteiger partial charge in [-0.05, 0) is 13.8 Å². The lowest BCUT2D eigenvalue weighted by Gasteiger charge is -2.22. The van der Waals surface area contributed by atoms with Gasteiger partial charge in [0.2, 0.25) is 0 Å². The first-order valence-corrected chi connectivity index (χ1v) is 4.18. The molecule has 0 aromatic rings. The molecule has 0 heterocycles. The van der Waals surface area contributed by atoms with Crippen LogP contribution in [0.2, 0.25) is 0 Å². The van der Waals surface area contributed by atoms with Gasteiger partial charge in [0, 0.05) is 6.08 Å². The summed E-state index contributed by atoms with van der Waals surface area (Å²) in [6, 6.07) is 0. The molecule has 3 nitrogen and oxygen atoms in total. The highest BCUT2D eigenvalue weighted by molar-refractivity contribution is 5.98.